The molecule has 1 rings (SSSR count). The molecule has 0 spiro atoms. The number of aromatic amines is 1. The van der Waals surface area contributed by atoms with Crippen molar-refractivity contribution in [1.29, 1.82) is 0 Å². The molecule has 1 heterocycles. The summed E-state index contributed by atoms with van der Waals surface area (Å²) in [5.41, 5.74) is -3.52. The van der Waals surface area contributed by atoms with Crippen LogP contribution in [0.25, 0.3) is 0 Å². The molecule has 0 unspecified atom stereocenters. The standard InChI is InChI=1S/C11H17F3N2O3Si.Na.H/c1-20(2,3)5-4-19-7-16-8(11(12,13)14)6-9(17)15-10(16)18;;/h6H,4-5,7H2,1-3H3,(H,15,17,18);;/q;+1;-1. The number of nitrogens with one attached hydrogen (secondary N) is 1. The molecule has 0 aromatic carbocycles. The second-order valence-corrected chi connectivity index (χ2v) is 11.2. The molecule has 5 nitrogen and oxygen atoms in total. The second kappa shape index (κ2) is 7.77. The van der Waals surface area contributed by atoms with Gasteiger partial charge in [0.1, 0.15) is 12.4 Å². The largest absolute Gasteiger partial charge is 1.00 e. The van der Waals surface area contributed by atoms with E-state index >= 15 is 0 Å². The summed E-state index contributed by atoms with van der Waals surface area (Å²) in [6.07, 6.45) is -4.78. The summed E-state index contributed by atoms with van der Waals surface area (Å²) in [7, 11) is -1.36. The average molecular weight is 334 g/mol. The van der Waals surface area contributed by atoms with E-state index in [4.69, 9.17) is 4.74 Å². The Hall–Kier alpha value is -0.353. The fourth-order valence-corrected chi connectivity index (χ4v) is 2.17. The van der Waals surface area contributed by atoms with Crippen molar-refractivity contribution in [2.75, 3.05) is 6.61 Å². The van der Waals surface area contributed by atoms with Gasteiger partial charge in [0.15, 0.2) is 0 Å². The number of rotatable bonds is 5. The minimum Gasteiger partial charge on any atom is -1.00 e. The number of ether oxygens (including phenoxy) is 1. The van der Waals surface area contributed by atoms with E-state index in [-0.39, 0.29) is 37.6 Å². The molecule has 0 fully saturated rings. The zero-order chi connectivity index (χ0) is 15.6. The van der Waals surface area contributed by atoms with Crippen molar-refractivity contribution in [2.45, 2.75) is 38.6 Å². The van der Waals surface area contributed by atoms with Crippen molar-refractivity contribution < 1.29 is 48.9 Å². The minimum atomic E-state index is -4.78. The van der Waals surface area contributed by atoms with E-state index in [9.17, 15) is 22.8 Å². The predicted molar refractivity (Wildman–Crippen MR) is 71.5 cm³/mol. The Bertz CT molecular complexity index is 584. The van der Waals surface area contributed by atoms with Crippen molar-refractivity contribution in [2.24, 2.45) is 0 Å². The van der Waals surface area contributed by atoms with Gasteiger partial charge in [-0.05, 0) is 6.04 Å². The predicted octanol–water partition coefficient (Wildman–Crippen LogP) is -1.02. The Kier molecular flexibility index (Phi) is 7.64. The van der Waals surface area contributed by atoms with Gasteiger partial charge in [0.2, 0.25) is 0 Å². The maximum absolute atomic E-state index is 12.7. The fraction of sp³-hybridized carbons (Fsp3) is 0.636. The first-order valence-electron chi connectivity index (χ1n) is 6.00. The van der Waals surface area contributed by atoms with Crippen molar-refractivity contribution >= 4 is 8.07 Å². The van der Waals surface area contributed by atoms with Crippen molar-refractivity contribution in [3.63, 3.8) is 0 Å². The van der Waals surface area contributed by atoms with E-state index in [0.29, 0.717) is 10.6 Å². The Morgan fingerprint density at radius 1 is 1.33 bits per heavy atom. The molecule has 1 aromatic rings. The summed E-state index contributed by atoms with van der Waals surface area (Å²) >= 11 is 0. The number of hydrogen-bond donors (Lipinski definition) is 1. The Morgan fingerprint density at radius 3 is 2.38 bits per heavy atom. The molecule has 0 saturated heterocycles. The molecule has 10 heteroatoms. The van der Waals surface area contributed by atoms with Crippen LogP contribution in [-0.2, 0) is 17.6 Å². The monoisotopic (exact) mass is 334 g/mol. The van der Waals surface area contributed by atoms with Crippen LogP contribution in [0.1, 0.15) is 7.12 Å². The normalized spacial score (nSPS) is 12.1. The molecule has 21 heavy (non-hydrogen) atoms. The molecule has 0 saturated carbocycles. The van der Waals surface area contributed by atoms with E-state index in [1.54, 1.807) is 4.98 Å². The number of halogens is 3. The maximum Gasteiger partial charge on any atom is 1.00 e. The molecule has 0 amide bonds. The molecular formula is C11H18F3N2NaO3Si. The third-order valence-corrected chi connectivity index (χ3v) is 4.25. The van der Waals surface area contributed by atoms with Crippen LogP contribution in [-0.4, -0.2) is 24.2 Å². The van der Waals surface area contributed by atoms with Crippen LogP contribution in [0.4, 0.5) is 13.2 Å². The van der Waals surface area contributed by atoms with Crippen LogP contribution in [0.15, 0.2) is 15.7 Å². The number of H-pyrrole nitrogens is 1. The molecule has 0 atom stereocenters. The first-order chi connectivity index (χ1) is 9.00. The van der Waals surface area contributed by atoms with Crippen molar-refractivity contribution in [1.82, 2.24) is 9.55 Å². The van der Waals surface area contributed by atoms with Crippen LogP contribution in [0.3, 0.4) is 0 Å². The third kappa shape index (κ3) is 6.96. The van der Waals surface area contributed by atoms with Crippen LogP contribution in [0.5, 0.6) is 0 Å². The van der Waals surface area contributed by atoms with E-state index < -0.39 is 37.9 Å². The van der Waals surface area contributed by atoms with Crippen molar-refractivity contribution in [3.05, 3.63) is 32.6 Å². The van der Waals surface area contributed by atoms with Gasteiger partial charge in [0, 0.05) is 20.7 Å². The zero-order valence-corrected chi connectivity index (χ0v) is 15.5. The SMILES string of the molecule is C[Si](C)(C)CCOCn1c(C(F)(F)F)cc(=O)[nH]c1=O.[H-].[Na+]. The summed E-state index contributed by atoms with van der Waals surface area (Å²) in [4.78, 5) is 24.2. The maximum atomic E-state index is 12.7. The summed E-state index contributed by atoms with van der Waals surface area (Å²) in [5, 5.41) is 0. The molecule has 1 N–H and O–H groups in total. The fourth-order valence-electron chi connectivity index (χ4n) is 1.42. The van der Waals surface area contributed by atoms with Crippen LogP contribution in [0, 0.1) is 0 Å². The molecule has 0 bridgehead atoms. The number of nitrogens with zero attached hydrogens (tertiary/aromatic N) is 1. The number of aromatic nitrogens is 2. The number of alkyl halides is 3. The van der Waals surface area contributed by atoms with E-state index in [0.717, 1.165) is 6.04 Å². The molecule has 0 aliphatic heterocycles. The first kappa shape index (κ1) is 20.6. The average Bonchev–Trinajstić information content (AvgIpc) is 2.23. The van der Waals surface area contributed by atoms with Gasteiger partial charge in [-0.1, -0.05) is 19.6 Å². The van der Waals surface area contributed by atoms with Crippen LogP contribution >= 0.6 is 0 Å². The van der Waals surface area contributed by atoms with Crippen LogP contribution in [0.2, 0.25) is 25.7 Å². The van der Waals surface area contributed by atoms with Gasteiger partial charge >= 0.3 is 41.4 Å². The van der Waals surface area contributed by atoms with Gasteiger partial charge in [-0.25, -0.2) is 4.79 Å². The van der Waals surface area contributed by atoms with Gasteiger partial charge in [-0.2, -0.15) is 13.2 Å². The van der Waals surface area contributed by atoms with Crippen LogP contribution < -0.4 is 40.8 Å². The smallest absolute Gasteiger partial charge is 1.00 e. The van der Waals surface area contributed by atoms with E-state index in [1.165, 1.54) is 0 Å². The summed E-state index contributed by atoms with van der Waals surface area (Å²) in [6.45, 7) is 6.05. The topological polar surface area (TPSA) is 64.1 Å². The van der Waals surface area contributed by atoms with E-state index in [1.807, 2.05) is 0 Å². The van der Waals surface area contributed by atoms with Gasteiger partial charge in [0.05, 0.1) is 0 Å². The Labute approximate surface area is 144 Å². The molecule has 0 aliphatic rings. The molecule has 0 aliphatic carbocycles. The van der Waals surface area contributed by atoms with Gasteiger partial charge in [-0.15, -0.1) is 0 Å². The summed E-state index contributed by atoms with van der Waals surface area (Å²) in [6, 6.07) is 1.12. The Balaban J connectivity index is 0. The number of hydrogen-bond acceptors (Lipinski definition) is 3. The first-order valence-corrected chi connectivity index (χ1v) is 9.70. The van der Waals surface area contributed by atoms with Gasteiger partial charge < -0.3 is 6.16 Å². The third-order valence-electron chi connectivity index (χ3n) is 2.54. The summed E-state index contributed by atoms with van der Waals surface area (Å²) < 4.78 is 43.7. The quantitative estimate of drug-likeness (QED) is 0.554. The van der Waals surface area contributed by atoms with E-state index in [2.05, 4.69) is 19.6 Å². The summed E-state index contributed by atoms with van der Waals surface area (Å²) in [5.74, 6) is 0. The zero-order valence-electron chi connectivity index (χ0n) is 13.5. The molecular weight excluding hydrogens is 316 g/mol. The van der Waals surface area contributed by atoms with Crippen molar-refractivity contribution in [3.8, 4) is 0 Å². The molecule has 1 aromatic heterocycles. The molecule has 0 radical (unpaired) electrons. The van der Waals surface area contributed by atoms with Gasteiger partial charge in [-0.3, -0.25) is 14.3 Å². The minimum absolute atomic E-state index is 0. The van der Waals surface area contributed by atoms with Gasteiger partial charge in [0.25, 0.3) is 5.56 Å². The Morgan fingerprint density at radius 2 is 1.90 bits per heavy atom. The molecule has 116 valence electrons. The second-order valence-electron chi connectivity index (χ2n) is 5.60.